The van der Waals surface area contributed by atoms with Gasteiger partial charge < -0.3 is 19.7 Å². The van der Waals surface area contributed by atoms with Gasteiger partial charge in [-0.05, 0) is 57.0 Å². The lowest BCUT2D eigenvalue weighted by Crippen LogP contribution is -2.32. The first-order chi connectivity index (χ1) is 16.4. The largest absolute Gasteiger partial charge is 0.495 e. The summed E-state index contributed by atoms with van der Waals surface area (Å²) in [6, 6.07) is 12.1. The molecular weight excluding hydrogens is 454 g/mol. The van der Waals surface area contributed by atoms with Crippen LogP contribution in [0.3, 0.4) is 0 Å². The summed E-state index contributed by atoms with van der Waals surface area (Å²) in [5.41, 5.74) is 1.32. The average Bonchev–Trinajstić information content (AvgIpc) is 3.14. The number of rotatable bonds is 10. The minimum atomic E-state index is -3.65. The van der Waals surface area contributed by atoms with Crippen LogP contribution in [0.1, 0.15) is 39.5 Å². The topological polar surface area (TPSA) is 88.2 Å². The molecule has 0 aromatic heterocycles. The molecule has 0 bridgehead atoms. The van der Waals surface area contributed by atoms with Crippen LogP contribution < -0.4 is 19.7 Å². The summed E-state index contributed by atoms with van der Waals surface area (Å²) in [6.07, 6.45) is 3.78. The van der Waals surface area contributed by atoms with Gasteiger partial charge in [-0.3, -0.25) is 4.79 Å². The van der Waals surface area contributed by atoms with E-state index < -0.39 is 15.9 Å². The Morgan fingerprint density at radius 1 is 1.03 bits per heavy atom. The zero-order valence-electron chi connectivity index (χ0n) is 20.2. The van der Waals surface area contributed by atoms with Crippen molar-refractivity contribution in [3.8, 4) is 11.5 Å². The minimum Gasteiger partial charge on any atom is -0.495 e. The molecular formula is C25H35N3O5S. The van der Waals surface area contributed by atoms with E-state index in [0.29, 0.717) is 30.3 Å². The van der Waals surface area contributed by atoms with E-state index in [-0.39, 0.29) is 11.5 Å². The lowest BCUT2D eigenvalue weighted by Gasteiger charge is -2.21. The Labute approximate surface area is 202 Å². The Morgan fingerprint density at radius 3 is 2.38 bits per heavy atom. The predicted octanol–water partition coefficient (Wildman–Crippen LogP) is 4.12. The number of hydrogen-bond acceptors (Lipinski definition) is 6. The van der Waals surface area contributed by atoms with Crippen LogP contribution in [-0.4, -0.2) is 58.5 Å². The molecule has 34 heavy (non-hydrogen) atoms. The van der Waals surface area contributed by atoms with Crippen molar-refractivity contribution in [1.82, 2.24) is 4.31 Å². The van der Waals surface area contributed by atoms with Crippen molar-refractivity contribution >= 4 is 27.3 Å². The Kier molecular flexibility index (Phi) is 9.18. The van der Waals surface area contributed by atoms with Crippen LogP contribution in [0.15, 0.2) is 47.4 Å². The van der Waals surface area contributed by atoms with Gasteiger partial charge in [-0.25, -0.2) is 8.42 Å². The maximum absolute atomic E-state index is 13.2. The van der Waals surface area contributed by atoms with E-state index >= 15 is 0 Å². The zero-order valence-corrected chi connectivity index (χ0v) is 21.1. The first-order valence-corrected chi connectivity index (χ1v) is 13.3. The second-order valence-electron chi connectivity index (χ2n) is 8.19. The molecule has 8 nitrogen and oxygen atoms in total. The van der Waals surface area contributed by atoms with Gasteiger partial charge >= 0.3 is 0 Å². The van der Waals surface area contributed by atoms with Crippen LogP contribution in [0.2, 0.25) is 0 Å². The number of benzene rings is 2. The fourth-order valence-corrected chi connectivity index (χ4v) is 5.61. The van der Waals surface area contributed by atoms with Gasteiger partial charge in [-0.2, -0.15) is 4.31 Å². The van der Waals surface area contributed by atoms with Gasteiger partial charge in [-0.1, -0.05) is 18.9 Å². The van der Waals surface area contributed by atoms with Crippen molar-refractivity contribution in [3.05, 3.63) is 42.5 Å². The Balaban J connectivity index is 1.71. The first-order valence-electron chi connectivity index (χ1n) is 11.8. The lowest BCUT2D eigenvalue weighted by molar-refractivity contribution is -0.118. The highest BCUT2D eigenvalue weighted by Crippen LogP contribution is 2.30. The van der Waals surface area contributed by atoms with E-state index in [1.807, 2.05) is 18.2 Å². The molecule has 0 unspecified atom stereocenters. The van der Waals surface area contributed by atoms with E-state index in [4.69, 9.17) is 9.47 Å². The average molecular weight is 490 g/mol. The summed E-state index contributed by atoms with van der Waals surface area (Å²) in [7, 11) is -2.18. The molecule has 1 saturated heterocycles. The molecule has 1 aliphatic heterocycles. The number of methoxy groups -OCH3 is 1. The number of hydrogen-bond donors (Lipinski definition) is 1. The molecule has 0 spiro atoms. The number of sulfonamides is 1. The number of nitrogens with zero attached hydrogens (tertiary/aromatic N) is 2. The third kappa shape index (κ3) is 6.42. The minimum absolute atomic E-state index is 0.137. The van der Waals surface area contributed by atoms with Gasteiger partial charge in [0.1, 0.15) is 11.5 Å². The van der Waals surface area contributed by atoms with Crippen LogP contribution in [0.4, 0.5) is 11.4 Å². The predicted molar refractivity (Wildman–Crippen MR) is 134 cm³/mol. The molecule has 1 fully saturated rings. The van der Waals surface area contributed by atoms with Crippen molar-refractivity contribution in [3.63, 3.8) is 0 Å². The van der Waals surface area contributed by atoms with Crippen LogP contribution in [0.5, 0.6) is 11.5 Å². The highest BCUT2D eigenvalue weighted by molar-refractivity contribution is 7.89. The van der Waals surface area contributed by atoms with E-state index in [0.717, 1.165) is 44.5 Å². The SMILES string of the molecule is CCN(CC)c1cccc(OCC(=O)Nc2cc(S(=O)(=O)N3CCCCCC3)ccc2OC)c1. The summed E-state index contributed by atoms with van der Waals surface area (Å²) in [6.45, 7) is 6.71. The fraction of sp³-hybridized carbons (Fsp3) is 0.480. The summed E-state index contributed by atoms with van der Waals surface area (Å²) < 4.78 is 38.9. The van der Waals surface area contributed by atoms with Crippen molar-refractivity contribution < 1.29 is 22.7 Å². The van der Waals surface area contributed by atoms with Crippen LogP contribution >= 0.6 is 0 Å². The summed E-state index contributed by atoms with van der Waals surface area (Å²) in [5, 5.41) is 2.74. The van der Waals surface area contributed by atoms with E-state index in [1.54, 1.807) is 12.1 Å². The van der Waals surface area contributed by atoms with Crippen LogP contribution in [0.25, 0.3) is 0 Å². The number of nitrogens with one attached hydrogen (secondary N) is 1. The molecule has 1 heterocycles. The van der Waals surface area contributed by atoms with Gasteiger partial charge in [0, 0.05) is 37.9 Å². The smallest absolute Gasteiger partial charge is 0.262 e. The second-order valence-corrected chi connectivity index (χ2v) is 10.1. The number of carbonyl (C=O) groups is 1. The number of amides is 1. The Hall–Kier alpha value is -2.78. The van der Waals surface area contributed by atoms with Crippen molar-refractivity contribution in [1.29, 1.82) is 0 Å². The van der Waals surface area contributed by atoms with Crippen molar-refractivity contribution in [2.24, 2.45) is 0 Å². The summed E-state index contributed by atoms with van der Waals surface area (Å²) in [4.78, 5) is 15.0. The maximum Gasteiger partial charge on any atom is 0.262 e. The molecule has 1 N–H and O–H groups in total. The van der Waals surface area contributed by atoms with E-state index in [2.05, 4.69) is 24.1 Å². The van der Waals surface area contributed by atoms with Crippen molar-refractivity contribution in [2.45, 2.75) is 44.4 Å². The standard InChI is InChI=1S/C25H35N3O5S/c1-4-27(5-2)20-11-10-12-21(17-20)33-19-25(29)26-23-18-22(13-14-24(23)32-3)34(30,31)28-15-8-6-7-9-16-28/h10-14,17-18H,4-9,15-16,19H2,1-3H3,(H,26,29). The molecule has 9 heteroatoms. The first kappa shape index (κ1) is 25.8. The molecule has 3 rings (SSSR count). The lowest BCUT2D eigenvalue weighted by atomic mass is 10.2. The molecule has 0 saturated carbocycles. The number of ether oxygens (including phenoxy) is 2. The normalized spacial score (nSPS) is 14.8. The monoisotopic (exact) mass is 489 g/mol. The fourth-order valence-electron chi connectivity index (χ4n) is 4.07. The molecule has 1 amide bonds. The van der Waals surface area contributed by atoms with Gasteiger partial charge in [0.25, 0.3) is 5.91 Å². The third-order valence-corrected chi connectivity index (χ3v) is 7.86. The molecule has 2 aromatic rings. The van der Waals surface area contributed by atoms with E-state index in [9.17, 15) is 13.2 Å². The summed E-state index contributed by atoms with van der Waals surface area (Å²) in [5.74, 6) is 0.562. The van der Waals surface area contributed by atoms with Gasteiger partial charge in [0.05, 0.1) is 17.7 Å². The number of anilines is 2. The highest BCUT2D eigenvalue weighted by atomic mass is 32.2. The molecule has 0 radical (unpaired) electrons. The maximum atomic E-state index is 13.2. The molecule has 0 aliphatic carbocycles. The van der Waals surface area contributed by atoms with E-state index in [1.165, 1.54) is 23.5 Å². The Bertz CT molecular complexity index is 1060. The number of carbonyl (C=O) groups excluding carboxylic acids is 1. The Morgan fingerprint density at radius 2 is 1.74 bits per heavy atom. The second kappa shape index (κ2) is 12.1. The van der Waals surface area contributed by atoms with Crippen molar-refractivity contribution in [2.75, 3.05) is 50.1 Å². The molecule has 0 atom stereocenters. The van der Waals surface area contributed by atoms with Gasteiger partial charge in [-0.15, -0.1) is 0 Å². The highest BCUT2D eigenvalue weighted by Gasteiger charge is 2.26. The third-order valence-electron chi connectivity index (χ3n) is 5.96. The molecule has 2 aromatic carbocycles. The van der Waals surface area contributed by atoms with Gasteiger partial charge in [0.15, 0.2) is 6.61 Å². The quantitative estimate of drug-likeness (QED) is 0.540. The molecule has 186 valence electrons. The molecule has 1 aliphatic rings. The van der Waals surface area contributed by atoms with Crippen LogP contribution in [0, 0.1) is 0 Å². The van der Waals surface area contributed by atoms with Crippen LogP contribution in [-0.2, 0) is 14.8 Å². The zero-order chi connectivity index (χ0) is 24.6. The van der Waals surface area contributed by atoms with Gasteiger partial charge in [0.2, 0.25) is 10.0 Å². The summed E-state index contributed by atoms with van der Waals surface area (Å²) >= 11 is 0.